The molecule has 2 amide bonds. The molecule has 1 saturated heterocycles. The van der Waals surface area contributed by atoms with Gasteiger partial charge in [0, 0.05) is 44.4 Å². The Morgan fingerprint density at radius 2 is 2.00 bits per heavy atom. The molecule has 1 fully saturated rings. The molecule has 2 rings (SSSR count). The molecule has 1 aliphatic heterocycles. The number of carbonyl (C=O) groups is 2. The Balaban J connectivity index is 2.07. The van der Waals surface area contributed by atoms with E-state index in [2.05, 4.69) is 10.6 Å². The van der Waals surface area contributed by atoms with Gasteiger partial charge in [0.1, 0.15) is 0 Å². The predicted molar refractivity (Wildman–Crippen MR) is 69.5 cm³/mol. The Kier molecular flexibility index (Phi) is 3.82. The number of hydrogen-bond acceptors (Lipinski definition) is 3. The quantitative estimate of drug-likeness (QED) is 0.808. The van der Waals surface area contributed by atoms with Crippen LogP contribution >= 0.6 is 0 Å². The first-order chi connectivity index (χ1) is 8.70. The van der Waals surface area contributed by atoms with Crippen LogP contribution in [0.1, 0.15) is 16.8 Å². The Morgan fingerprint density at radius 3 is 2.67 bits per heavy atom. The lowest BCUT2D eigenvalue weighted by atomic mass is 10.1. The number of carbonyl (C=O) groups excluding carboxylic acids is 2. The molecule has 0 bridgehead atoms. The average molecular weight is 247 g/mol. The molecule has 5 heteroatoms. The summed E-state index contributed by atoms with van der Waals surface area (Å²) in [6, 6.07) is 7.34. The second-order valence-electron chi connectivity index (χ2n) is 4.22. The largest absolute Gasteiger partial charge is 0.388 e. The summed E-state index contributed by atoms with van der Waals surface area (Å²) >= 11 is 0. The van der Waals surface area contributed by atoms with E-state index in [9.17, 15) is 9.59 Å². The summed E-state index contributed by atoms with van der Waals surface area (Å²) in [4.78, 5) is 25.2. The van der Waals surface area contributed by atoms with E-state index in [1.54, 1.807) is 17.0 Å². The Morgan fingerprint density at radius 1 is 1.28 bits per heavy atom. The zero-order chi connectivity index (χ0) is 13.0. The van der Waals surface area contributed by atoms with Crippen LogP contribution in [0, 0.1) is 0 Å². The fourth-order valence-corrected chi connectivity index (χ4v) is 1.93. The molecule has 0 aromatic heterocycles. The summed E-state index contributed by atoms with van der Waals surface area (Å²) in [6.45, 7) is 1.58. The van der Waals surface area contributed by atoms with Crippen LogP contribution in [0.25, 0.3) is 0 Å². The number of nitrogens with zero attached hydrogens (tertiary/aromatic N) is 1. The smallest absolute Gasteiger partial charge is 0.253 e. The SMILES string of the molecule is CNc1ccc(C(=O)N2CCNC(=O)CC2)cc1. The van der Waals surface area contributed by atoms with Gasteiger partial charge in [0.25, 0.3) is 5.91 Å². The van der Waals surface area contributed by atoms with Gasteiger partial charge < -0.3 is 15.5 Å². The molecule has 0 radical (unpaired) electrons. The standard InChI is InChI=1S/C13H17N3O2/c1-14-11-4-2-10(3-5-11)13(18)16-8-6-12(17)15-7-9-16/h2-5,14H,6-9H2,1H3,(H,15,17). The molecular formula is C13H17N3O2. The van der Waals surface area contributed by atoms with Gasteiger partial charge in [0.2, 0.25) is 5.91 Å². The summed E-state index contributed by atoms with van der Waals surface area (Å²) in [5.74, 6) is -0.00927. The van der Waals surface area contributed by atoms with Crippen LogP contribution in [0.2, 0.25) is 0 Å². The van der Waals surface area contributed by atoms with Gasteiger partial charge in [0.15, 0.2) is 0 Å². The molecule has 0 spiro atoms. The van der Waals surface area contributed by atoms with E-state index in [1.165, 1.54) is 0 Å². The van der Waals surface area contributed by atoms with Gasteiger partial charge in [-0.15, -0.1) is 0 Å². The van der Waals surface area contributed by atoms with Crippen LogP contribution in [-0.4, -0.2) is 43.4 Å². The van der Waals surface area contributed by atoms with Crippen LogP contribution < -0.4 is 10.6 Å². The molecule has 2 N–H and O–H groups in total. The third-order valence-electron chi connectivity index (χ3n) is 3.02. The van der Waals surface area contributed by atoms with Crippen molar-refractivity contribution in [3.05, 3.63) is 29.8 Å². The van der Waals surface area contributed by atoms with E-state index >= 15 is 0 Å². The molecule has 0 atom stereocenters. The van der Waals surface area contributed by atoms with Crippen LogP contribution in [0.4, 0.5) is 5.69 Å². The summed E-state index contributed by atoms with van der Waals surface area (Å²) in [6.07, 6.45) is 0.375. The van der Waals surface area contributed by atoms with Crippen LogP contribution in [0.15, 0.2) is 24.3 Å². The number of hydrogen-bond donors (Lipinski definition) is 2. The maximum absolute atomic E-state index is 12.2. The maximum Gasteiger partial charge on any atom is 0.253 e. The van der Waals surface area contributed by atoms with Gasteiger partial charge in [-0.2, -0.15) is 0 Å². The third-order valence-corrected chi connectivity index (χ3v) is 3.02. The molecule has 1 aromatic rings. The minimum Gasteiger partial charge on any atom is -0.388 e. The van der Waals surface area contributed by atoms with Crippen molar-refractivity contribution in [1.82, 2.24) is 10.2 Å². The van der Waals surface area contributed by atoms with Gasteiger partial charge >= 0.3 is 0 Å². The van der Waals surface area contributed by atoms with Crippen molar-refractivity contribution in [2.75, 3.05) is 32.0 Å². The summed E-state index contributed by atoms with van der Waals surface area (Å²) < 4.78 is 0. The van der Waals surface area contributed by atoms with Gasteiger partial charge in [0.05, 0.1) is 0 Å². The van der Waals surface area contributed by atoms with Crippen molar-refractivity contribution >= 4 is 17.5 Å². The fraction of sp³-hybridized carbons (Fsp3) is 0.385. The zero-order valence-corrected chi connectivity index (χ0v) is 10.4. The first kappa shape index (κ1) is 12.4. The van der Waals surface area contributed by atoms with Crippen LogP contribution in [0.5, 0.6) is 0 Å². The van der Waals surface area contributed by atoms with E-state index in [1.807, 2.05) is 19.2 Å². The van der Waals surface area contributed by atoms with Crippen molar-refractivity contribution in [2.45, 2.75) is 6.42 Å². The van der Waals surface area contributed by atoms with Gasteiger partial charge in [-0.1, -0.05) is 0 Å². The summed E-state index contributed by atoms with van der Waals surface area (Å²) in [5.41, 5.74) is 1.63. The highest BCUT2D eigenvalue weighted by molar-refractivity contribution is 5.95. The first-order valence-corrected chi connectivity index (χ1v) is 6.04. The highest BCUT2D eigenvalue weighted by atomic mass is 16.2. The van der Waals surface area contributed by atoms with Crippen molar-refractivity contribution in [3.8, 4) is 0 Å². The predicted octanol–water partition coefficient (Wildman–Crippen LogP) is 0.690. The second-order valence-corrected chi connectivity index (χ2v) is 4.22. The molecule has 0 aliphatic carbocycles. The molecule has 96 valence electrons. The van der Waals surface area contributed by atoms with Crippen molar-refractivity contribution in [2.24, 2.45) is 0 Å². The molecule has 1 aliphatic rings. The monoisotopic (exact) mass is 247 g/mol. The number of benzene rings is 1. The van der Waals surface area contributed by atoms with E-state index in [0.29, 0.717) is 31.6 Å². The maximum atomic E-state index is 12.2. The molecule has 0 unspecified atom stereocenters. The number of nitrogens with one attached hydrogen (secondary N) is 2. The second kappa shape index (κ2) is 5.53. The molecule has 1 aromatic carbocycles. The number of anilines is 1. The normalized spacial score (nSPS) is 15.8. The van der Waals surface area contributed by atoms with E-state index in [4.69, 9.17) is 0 Å². The van der Waals surface area contributed by atoms with Gasteiger partial charge in [-0.25, -0.2) is 0 Å². The fourth-order valence-electron chi connectivity index (χ4n) is 1.93. The average Bonchev–Trinajstić information content (AvgIpc) is 2.63. The minimum absolute atomic E-state index is 0.0100. The van der Waals surface area contributed by atoms with Crippen molar-refractivity contribution in [1.29, 1.82) is 0 Å². The van der Waals surface area contributed by atoms with Crippen LogP contribution in [0.3, 0.4) is 0 Å². The third kappa shape index (κ3) is 2.80. The Hall–Kier alpha value is -2.04. The zero-order valence-electron chi connectivity index (χ0n) is 10.4. The number of amides is 2. The van der Waals surface area contributed by atoms with E-state index < -0.39 is 0 Å². The lowest BCUT2D eigenvalue weighted by Crippen LogP contribution is -2.34. The van der Waals surface area contributed by atoms with Crippen molar-refractivity contribution < 1.29 is 9.59 Å². The molecule has 1 heterocycles. The number of rotatable bonds is 2. The topological polar surface area (TPSA) is 61.4 Å². The Bertz CT molecular complexity index is 442. The molecule has 0 saturated carbocycles. The Labute approximate surface area is 106 Å². The summed E-state index contributed by atoms with van der Waals surface area (Å²) in [5, 5.41) is 5.77. The van der Waals surface area contributed by atoms with Gasteiger partial charge in [-0.3, -0.25) is 9.59 Å². The van der Waals surface area contributed by atoms with Crippen LogP contribution in [-0.2, 0) is 4.79 Å². The van der Waals surface area contributed by atoms with E-state index in [-0.39, 0.29) is 11.8 Å². The molecule has 18 heavy (non-hydrogen) atoms. The first-order valence-electron chi connectivity index (χ1n) is 6.04. The lowest BCUT2D eigenvalue weighted by molar-refractivity contribution is -0.120. The summed E-state index contributed by atoms with van der Waals surface area (Å²) in [7, 11) is 1.84. The van der Waals surface area contributed by atoms with E-state index in [0.717, 1.165) is 5.69 Å². The van der Waals surface area contributed by atoms with Gasteiger partial charge in [-0.05, 0) is 24.3 Å². The minimum atomic E-state index is -0.0193. The molecule has 5 nitrogen and oxygen atoms in total. The highest BCUT2D eigenvalue weighted by Crippen LogP contribution is 2.11. The van der Waals surface area contributed by atoms with Crippen molar-refractivity contribution in [3.63, 3.8) is 0 Å². The highest BCUT2D eigenvalue weighted by Gasteiger charge is 2.19. The molecular weight excluding hydrogens is 230 g/mol. The lowest BCUT2D eigenvalue weighted by Gasteiger charge is -2.19.